The van der Waals surface area contributed by atoms with Crippen LogP contribution in [-0.4, -0.2) is 38.3 Å². The molecule has 0 saturated heterocycles. The van der Waals surface area contributed by atoms with Gasteiger partial charge in [0.15, 0.2) is 6.10 Å². The molecule has 1 aromatic heterocycles. The standard InChI is InChI=1S/C17H22N4O3/c1-12(15(22)20-17(2,3)4)24-16(23)14-7-5-13(6-8-14)9-21-11-18-10-19-21/h5-8,10-12H,9H2,1-4H3,(H,20,22). The second-order valence-electron chi connectivity index (χ2n) is 6.58. The third-order valence-corrected chi connectivity index (χ3v) is 3.15. The Morgan fingerprint density at radius 1 is 1.25 bits per heavy atom. The Labute approximate surface area is 141 Å². The second kappa shape index (κ2) is 7.25. The molecule has 0 fully saturated rings. The predicted octanol–water partition coefficient (Wildman–Crippen LogP) is 1.79. The van der Waals surface area contributed by atoms with Gasteiger partial charge >= 0.3 is 5.97 Å². The molecule has 0 aliphatic heterocycles. The minimum atomic E-state index is -0.855. The van der Waals surface area contributed by atoms with E-state index in [0.717, 1.165) is 5.56 Å². The van der Waals surface area contributed by atoms with Crippen molar-refractivity contribution in [3.63, 3.8) is 0 Å². The van der Waals surface area contributed by atoms with Crippen LogP contribution in [0.5, 0.6) is 0 Å². The lowest BCUT2D eigenvalue weighted by Crippen LogP contribution is -2.46. The van der Waals surface area contributed by atoms with E-state index in [9.17, 15) is 9.59 Å². The highest BCUT2D eigenvalue weighted by molar-refractivity contribution is 5.92. The Morgan fingerprint density at radius 3 is 2.46 bits per heavy atom. The summed E-state index contributed by atoms with van der Waals surface area (Å²) in [6.45, 7) is 7.73. The highest BCUT2D eigenvalue weighted by Crippen LogP contribution is 2.09. The van der Waals surface area contributed by atoms with Crippen molar-refractivity contribution in [2.24, 2.45) is 0 Å². The summed E-state index contributed by atoms with van der Waals surface area (Å²) in [4.78, 5) is 28.0. The molecule has 2 rings (SSSR count). The third-order valence-electron chi connectivity index (χ3n) is 3.15. The molecule has 0 radical (unpaired) electrons. The summed E-state index contributed by atoms with van der Waals surface area (Å²) in [7, 11) is 0. The zero-order valence-corrected chi connectivity index (χ0v) is 14.3. The molecule has 1 unspecified atom stereocenters. The normalized spacial score (nSPS) is 12.5. The van der Waals surface area contributed by atoms with Crippen LogP contribution in [0.15, 0.2) is 36.9 Å². The van der Waals surface area contributed by atoms with Crippen LogP contribution in [0.1, 0.15) is 43.6 Å². The zero-order valence-electron chi connectivity index (χ0n) is 14.3. The maximum absolute atomic E-state index is 12.1. The van der Waals surface area contributed by atoms with Crippen molar-refractivity contribution in [3.8, 4) is 0 Å². The molecule has 0 aliphatic carbocycles. The van der Waals surface area contributed by atoms with Gasteiger partial charge in [-0.15, -0.1) is 0 Å². The van der Waals surface area contributed by atoms with Crippen LogP contribution in [0.2, 0.25) is 0 Å². The molecule has 7 nitrogen and oxygen atoms in total. The molecule has 1 aromatic carbocycles. The average molecular weight is 330 g/mol. The van der Waals surface area contributed by atoms with Crippen molar-refractivity contribution in [2.45, 2.75) is 45.9 Å². The van der Waals surface area contributed by atoms with Crippen molar-refractivity contribution in [3.05, 3.63) is 48.0 Å². The van der Waals surface area contributed by atoms with Crippen LogP contribution in [0.4, 0.5) is 0 Å². The van der Waals surface area contributed by atoms with Gasteiger partial charge in [-0.3, -0.25) is 4.79 Å². The van der Waals surface area contributed by atoms with Crippen LogP contribution in [0, 0.1) is 0 Å². The van der Waals surface area contributed by atoms with Crippen LogP contribution in [-0.2, 0) is 16.1 Å². The van der Waals surface area contributed by atoms with Gasteiger partial charge in [0.2, 0.25) is 0 Å². The number of aromatic nitrogens is 3. The summed E-state index contributed by atoms with van der Waals surface area (Å²) in [6, 6.07) is 6.97. The number of amides is 1. The van der Waals surface area contributed by atoms with Gasteiger partial charge in [0.1, 0.15) is 12.7 Å². The minimum Gasteiger partial charge on any atom is -0.449 e. The molecule has 2 aromatic rings. The number of nitrogens with one attached hydrogen (secondary N) is 1. The van der Waals surface area contributed by atoms with E-state index in [1.54, 1.807) is 30.1 Å². The molecule has 0 saturated carbocycles. The predicted molar refractivity (Wildman–Crippen MR) is 88.3 cm³/mol. The molecule has 0 bridgehead atoms. The first-order valence-electron chi connectivity index (χ1n) is 7.69. The maximum atomic E-state index is 12.1. The Kier molecular flexibility index (Phi) is 5.33. The van der Waals surface area contributed by atoms with E-state index < -0.39 is 12.1 Å². The van der Waals surface area contributed by atoms with Crippen LogP contribution >= 0.6 is 0 Å². The molecule has 1 N–H and O–H groups in total. The Bertz CT molecular complexity index is 688. The van der Waals surface area contributed by atoms with Crippen LogP contribution in [0.25, 0.3) is 0 Å². The lowest BCUT2D eigenvalue weighted by Gasteiger charge is -2.23. The number of esters is 1. The van der Waals surface area contributed by atoms with Gasteiger partial charge in [-0.05, 0) is 45.4 Å². The number of hydrogen-bond donors (Lipinski definition) is 1. The molecule has 1 amide bonds. The van der Waals surface area contributed by atoms with Gasteiger partial charge in [0, 0.05) is 5.54 Å². The Hall–Kier alpha value is -2.70. The fraction of sp³-hybridized carbons (Fsp3) is 0.412. The van der Waals surface area contributed by atoms with Gasteiger partial charge < -0.3 is 10.1 Å². The monoisotopic (exact) mass is 330 g/mol. The van der Waals surface area contributed by atoms with Crippen LogP contribution in [0.3, 0.4) is 0 Å². The Balaban J connectivity index is 1.93. The summed E-state index contributed by atoms with van der Waals surface area (Å²) in [5, 5.41) is 6.80. The summed E-state index contributed by atoms with van der Waals surface area (Å²) in [5.41, 5.74) is 1.00. The zero-order chi connectivity index (χ0) is 17.7. The van der Waals surface area contributed by atoms with Gasteiger partial charge in [-0.25, -0.2) is 14.5 Å². The van der Waals surface area contributed by atoms with Crippen molar-refractivity contribution < 1.29 is 14.3 Å². The van der Waals surface area contributed by atoms with Crippen molar-refractivity contribution in [1.29, 1.82) is 0 Å². The molecular formula is C17H22N4O3. The largest absolute Gasteiger partial charge is 0.449 e. The molecule has 1 atom stereocenters. The van der Waals surface area contributed by atoms with Crippen molar-refractivity contribution >= 4 is 11.9 Å². The first-order chi connectivity index (χ1) is 11.2. The minimum absolute atomic E-state index is 0.321. The summed E-state index contributed by atoms with van der Waals surface area (Å²) in [6.07, 6.45) is 2.24. The SMILES string of the molecule is CC(OC(=O)c1ccc(Cn2cncn2)cc1)C(=O)NC(C)(C)C. The van der Waals surface area contributed by atoms with E-state index >= 15 is 0 Å². The first-order valence-corrected chi connectivity index (χ1v) is 7.69. The number of hydrogen-bond acceptors (Lipinski definition) is 5. The number of ether oxygens (including phenoxy) is 1. The number of benzene rings is 1. The Morgan fingerprint density at radius 2 is 1.92 bits per heavy atom. The quantitative estimate of drug-likeness (QED) is 0.845. The van der Waals surface area contributed by atoms with Crippen molar-refractivity contribution in [1.82, 2.24) is 20.1 Å². The number of nitrogens with zero attached hydrogens (tertiary/aromatic N) is 3. The molecule has 0 spiro atoms. The van der Waals surface area contributed by atoms with Gasteiger partial charge in [0.25, 0.3) is 5.91 Å². The van der Waals surface area contributed by atoms with E-state index in [0.29, 0.717) is 12.1 Å². The molecule has 7 heteroatoms. The molecule has 0 aliphatic rings. The fourth-order valence-electron chi connectivity index (χ4n) is 2.00. The highest BCUT2D eigenvalue weighted by atomic mass is 16.5. The van der Waals surface area contributed by atoms with Gasteiger partial charge in [-0.2, -0.15) is 5.10 Å². The lowest BCUT2D eigenvalue weighted by atomic mass is 10.1. The number of rotatable bonds is 5. The summed E-state index contributed by atoms with van der Waals surface area (Å²) in [5.74, 6) is -0.850. The highest BCUT2D eigenvalue weighted by Gasteiger charge is 2.22. The number of carbonyl (C=O) groups is 2. The van der Waals surface area contributed by atoms with E-state index in [-0.39, 0.29) is 11.4 Å². The van der Waals surface area contributed by atoms with Crippen LogP contribution < -0.4 is 5.32 Å². The van der Waals surface area contributed by atoms with Crippen molar-refractivity contribution in [2.75, 3.05) is 0 Å². The topological polar surface area (TPSA) is 86.1 Å². The second-order valence-corrected chi connectivity index (χ2v) is 6.58. The summed E-state index contributed by atoms with van der Waals surface area (Å²) < 4.78 is 6.90. The third kappa shape index (κ3) is 5.19. The maximum Gasteiger partial charge on any atom is 0.338 e. The number of carbonyl (C=O) groups excluding carboxylic acids is 2. The smallest absolute Gasteiger partial charge is 0.338 e. The fourth-order valence-corrected chi connectivity index (χ4v) is 2.00. The van der Waals surface area contributed by atoms with Gasteiger partial charge in [-0.1, -0.05) is 12.1 Å². The average Bonchev–Trinajstić information content (AvgIpc) is 2.99. The molecule has 1 heterocycles. The van der Waals surface area contributed by atoms with E-state index in [2.05, 4.69) is 15.4 Å². The van der Waals surface area contributed by atoms with E-state index in [1.807, 2.05) is 32.9 Å². The molecule has 24 heavy (non-hydrogen) atoms. The van der Waals surface area contributed by atoms with E-state index in [1.165, 1.54) is 6.33 Å². The summed E-state index contributed by atoms with van der Waals surface area (Å²) >= 11 is 0. The molecule has 128 valence electrons. The lowest BCUT2D eigenvalue weighted by molar-refractivity contribution is -0.130. The van der Waals surface area contributed by atoms with Gasteiger partial charge in [0.05, 0.1) is 12.1 Å². The van der Waals surface area contributed by atoms with E-state index in [4.69, 9.17) is 4.74 Å². The first kappa shape index (κ1) is 17.7. The molecular weight excluding hydrogens is 308 g/mol.